The highest BCUT2D eigenvalue weighted by Gasteiger charge is 2.47. The van der Waals surface area contributed by atoms with E-state index in [-0.39, 0.29) is 12.5 Å². The standard InChI is InChI=1S/C27H31N5O4/c1-26(2)22-20(16-32(26)25(34)36-27(3,31(4)5)18-11-7-6-8-12-18)23(30-29-22)28-24(33)19-13-9-10-17-14-15-35-21(17)19/h6-13H,14-16H2,1-5H3,(H2,28,29,30,33)/t27-/m0/s1. The summed E-state index contributed by atoms with van der Waals surface area (Å²) in [6.07, 6.45) is 0.324. The van der Waals surface area contributed by atoms with Crippen molar-refractivity contribution in [1.82, 2.24) is 20.0 Å². The van der Waals surface area contributed by atoms with Crippen LogP contribution in [0.5, 0.6) is 5.75 Å². The molecule has 0 saturated heterocycles. The third-order valence-corrected chi connectivity index (χ3v) is 7.33. The van der Waals surface area contributed by atoms with Gasteiger partial charge in [0.25, 0.3) is 5.91 Å². The first-order chi connectivity index (χ1) is 17.1. The molecule has 9 heteroatoms. The Kier molecular flexibility index (Phi) is 5.75. The van der Waals surface area contributed by atoms with Crippen molar-refractivity contribution in [1.29, 1.82) is 0 Å². The van der Waals surface area contributed by atoms with E-state index in [1.165, 1.54) is 0 Å². The molecule has 0 fully saturated rings. The number of hydrogen-bond acceptors (Lipinski definition) is 6. The molecule has 1 atom stereocenters. The molecule has 0 radical (unpaired) electrons. The first kappa shape index (κ1) is 23.9. The molecule has 3 aromatic rings. The Morgan fingerprint density at radius 2 is 1.92 bits per heavy atom. The predicted octanol–water partition coefficient (Wildman–Crippen LogP) is 4.22. The molecule has 0 unspecified atom stereocenters. The Hall–Kier alpha value is -3.85. The number of hydrogen-bond donors (Lipinski definition) is 2. The predicted molar refractivity (Wildman–Crippen MR) is 135 cm³/mol. The van der Waals surface area contributed by atoms with Gasteiger partial charge in [0, 0.05) is 17.5 Å². The monoisotopic (exact) mass is 489 g/mol. The Morgan fingerprint density at radius 1 is 1.17 bits per heavy atom. The van der Waals surface area contributed by atoms with Crippen LogP contribution in [0.15, 0.2) is 48.5 Å². The molecule has 1 aromatic heterocycles. The second kappa shape index (κ2) is 8.67. The zero-order valence-corrected chi connectivity index (χ0v) is 21.2. The number of amides is 2. The van der Waals surface area contributed by atoms with Crippen LogP contribution in [0.25, 0.3) is 0 Å². The van der Waals surface area contributed by atoms with Gasteiger partial charge in [-0.3, -0.25) is 19.7 Å². The van der Waals surface area contributed by atoms with Crippen LogP contribution in [-0.4, -0.2) is 52.7 Å². The second-order valence-electron chi connectivity index (χ2n) is 10.0. The van der Waals surface area contributed by atoms with Gasteiger partial charge in [-0.15, -0.1) is 0 Å². The molecule has 36 heavy (non-hydrogen) atoms. The molecule has 2 aliphatic heterocycles. The summed E-state index contributed by atoms with van der Waals surface area (Å²) in [4.78, 5) is 30.2. The number of nitrogens with one attached hydrogen (secondary N) is 2. The van der Waals surface area contributed by atoms with E-state index in [0.717, 1.165) is 28.8 Å². The highest BCUT2D eigenvalue weighted by atomic mass is 16.6. The quantitative estimate of drug-likeness (QED) is 0.521. The normalized spacial score (nSPS) is 17.2. The van der Waals surface area contributed by atoms with Crippen LogP contribution in [0.3, 0.4) is 0 Å². The molecule has 188 valence electrons. The van der Waals surface area contributed by atoms with Crippen molar-refractivity contribution in [2.75, 3.05) is 26.0 Å². The Labute approximate surface area is 210 Å². The van der Waals surface area contributed by atoms with Gasteiger partial charge in [0.05, 0.1) is 29.9 Å². The molecule has 0 spiro atoms. The number of fused-ring (bicyclic) bond motifs is 2. The molecule has 5 rings (SSSR count). The van der Waals surface area contributed by atoms with Crippen molar-refractivity contribution in [2.24, 2.45) is 0 Å². The lowest BCUT2D eigenvalue weighted by Gasteiger charge is -2.39. The van der Waals surface area contributed by atoms with Crippen LogP contribution in [-0.2, 0) is 29.0 Å². The van der Waals surface area contributed by atoms with Crippen LogP contribution in [0.4, 0.5) is 10.6 Å². The highest BCUT2D eigenvalue weighted by molar-refractivity contribution is 6.06. The van der Waals surface area contributed by atoms with Crippen molar-refractivity contribution in [3.05, 3.63) is 76.5 Å². The number of H-pyrrole nitrogens is 1. The smallest absolute Gasteiger partial charge is 0.412 e. The van der Waals surface area contributed by atoms with E-state index in [1.54, 1.807) is 11.0 Å². The van der Waals surface area contributed by atoms with Gasteiger partial charge in [0.15, 0.2) is 11.5 Å². The first-order valence-corrected chi connectivity index (χ1v) is 12.0. The molecule has 2 aliphatic rings. The van der Waals surface area contributed by atoms with Gasteiger partial charge >= 0.3 is 6.09 Å². The number of anilines is 1. The minimum Gasteiger partial charge on any atom is -0.492 e. The summed E-state index contributed by atoms with van der Waals surface area (Å²) in [7, 11) is 3.75. The molecule has 2 aromatic carbocycles. The topological polar surface area (TPSA) is 99.8 Å². The molecule has 2 amide bonds. The van der Waals surface area contributed by atoms with E-state index >= 15 is 0 Å². The van der Waals surface area contributed by atoms with Crippen molar-refractivity contribution in [2.45, 2.75) is 45.0 Å². The summed E-state index contributed by atoms with van der Waals surface area (Å²) >= 11 is 0. The van der Waals surface area contributed by atoms with Gasteiger partial charge in [-0.05, 0) is 46.5 Å². The van der Waals surface area contributed by atoms with E-state index in [0.29, 0.717) is 23.7 Å². The number of nitrogens with zero attached hydrogens (tertiary/aromatic N) is 3. The van der Waals surface area contributed by atoms with Crippen LogP contribution < -0.4 is 10.1 Å². The van der Waals surface area contributed by atoms with Crippen molar-refractivity contribution in [3.63, 3.8) is 0 Å². The average molecular weight is 490 g/mol. The third kappa shape index (κ3) is 3.80. The number of benzene rings is 2. The lowest BCUT2D eigenvalue weighted by Crippen LogP contribution is -2.48. The van der Waals surface area contributed by atoms with Gasteiger partial charge in [-0.25, -0.2) is 4.79 Å². The number of aromatic nitrogens is 2. The summed E-state index contributed by atoms with van der Waals surface area (Å²) in [5.74, 6) is 0.718. The largest absolute Gasteiger partial charge is 0.492 e. The van der Waals surface area contributed by atoms with Gasteiger partial charge in [0.1, 0.15) is 5.75 Å². The Bertz CT molecular complexity index is 1320. The molecular weight excluding hydrogens is 458 g/mol. The third-order valence-electron chi connectivity index (χ3n) is 7.33. The van der Waals surface area contributed by atoms with E-state index in [9.17, 15) is 9.59 Å². The fraction of sp³-hybridized carbons (Fsp3) is 0.370. The summed E-state index contributed by atoms with van der Waals surface area (Å²) in [5.41, 5.74) is 2.19. The number of carbonyl (C=O) groups excluding carboxylic acids is 2. The SMILES string of the molecule is CN(C)[C@@](C)(OC(=O)N1Cc2c(NC(=O)c3cccc4c3OCC4)n[nH]c2C1(C)C)c1ccccc1. The van der Waals surface area contributed by atoms with Crippen LogP contribution in [0.1, 0.15) is 53.5 Å². The van der Waals surface area contributed by atoms with Gasteiger partial charge in [-0.1, -0.05) is 42.5 Å². The van der Waals surface area contributed by atoms with Crippen molar-refractivity contribution in [3.8, 4) is 5.75 Å². The Morgan fingerprint density at radius 3 is 2.64 bits per heavy atom. The zero-order chi connectivity index (χ0) is 25.7. The molecule has 2 N–H and O–H groups in total. The van der Waals surface area contributed by atoms with Crippen molar-refractivity contribution < 1.29 is 19.1 Å². The maximum absolute atomic E-state index is 13.5. The minimum atomic E-state index is -0.965. The van der Waals surface area contributed by atoms with Crippen LogP contribution >= 0.6 is 0 Å². The lowest BCUT2D eigenvalue weighted by atomic mass is 10.0. The van der Waals surface area contributed by atoms with E-state index in [4.69, 9.17) is 9.47 Å². The van der Waals surface area contributed by atoms with Crippen LogP contribution in [0, 0.1) is 0 Å². The van der Waals surface area contributed by atoms with Gasteiger partial charge in [0.2, 0.25) is 0 Å². The zero-order valence-electron chi connectivity index (χ0n) is 21.2. The van der Waals surface area contributed by atoms with Crippen LogP contribution in [0.2, 0.25) is 0 Å². The summed E-state index contributed by atoms with van der Waals surface area (Å²) < 4.78 is 11.8. The van der Waals surface area contributed by atoms with Crippen molar-refractivity contribution >= 4 is 17.8 Å². The fourth-order valence-electron chi connectivity index (χ4n) is 4.86. The summed E-state index contributed by atoms with van der Waals surface area (Å²) in [6, 6.07) is 15.2. The summed E-state index contributed by atoms with van der Waals surface area (Å²) in [5, 5.41) is 10.3. The molecule has 0 aliphatic carbocycles. The molecule has 0 saturated carbocycles. The molecule has 0 bridgehead atoms. The maximum Gasteiger partial charge on any atom is 0.412 e. The molecule has 9 nitrogen and oxygen atoms in total. The lowest BCUT2D eigenvalue weighted by molar-refractivity contribution is -0.0998. The number of carbonyl (C=O) groups is 2. The number of aromatic amines is 1. The van der Waals surface area contributed by atoms with E-state index in [2.05, 4.69) is 15.5 Å². The molecule has 3 heterocycles. The molecular formula is C27H31N5O4. The average Bonchev–Trinajstić information content (AvgIpc) is 3.55. The fourth-order valence-corrected chi connectivity index (χ4v) is 4.86. The second-order valence-corrected chi connectivity index (χ2v) is 10.0. The summed E-state index contributed by atoms with van der Waals surface area (Å²) in [6.45, 7) is 6.54. The van der Waals surface area contributed by atoms with Gasteiger partial charge in [-0.2, -0.15) is 5.10 Å². The Balaban J connectivity index is 1.38. The number of para-hydroxylation sites is 1. The highest BCUT2D eigenvalue weighted by Crippen LogP contribution is 2.42. The first-order valence-electron chi connectivity index (χ1n) is 12.0. The van der Waals surface area contributed by atoms with Gasteiger partial charge < -0.3 is 14.8 Å². The number of ether oxygens (including phenoxy) is 2. The number of rotatable bonds is 5. The van der Waals surface area contributed by atoms with E-state index < -0.39 is 17.4 Å². The van der Waals surface area contributed by atoms with E-state index in [1.807, 2.05) is 82.2 Å². The minimum absolute atomic E-state index is 0.245. The maximum atomic E-state index is 13.5.